The van der Waals surface area contributed by atoms with E-state index in [9.17, 15) is 46.4 Å². The molecule has 7 nitrogen and oxygen atoms in total. The fourth-order valence-corrected chi connectivity index (χ4v) is 4.11. The third-order valence-corrected chi connectivity index (χ3v) is 6.13. The maximum atomic E-state index is 13.3. The van der Waals surface area contributed by atoms with E-state index in [1.165, 1.54) is 19.2 Å². The van der Waals surface area contributed by atoms with Gasteiger partial charge in [0.1, 0.15) is 5.75 Å². The largest absolute Gasteiger partial charge is 0.496 e. The monoisotopic (exact) mass is 570 g/mol. The number of nitro benzene ring substituents is 1. The van der Waals surface area contributed by atoms with E-state index < -0.39 is 53.1 Å². The van der Waals surface area contributed by atoms with Crippen molar-refractivity contribution < 1.29 is 45.9 Å². The predicted octanol–water partition coefficient (Wildman–Crippen LogP) is 8.11. The van der Waals surface area contributed by atoms with Gasteiger partial charge in [0.2, 0.25) is 0 Å². The van der Waals surface area contributed by atoms with Crippen molar-refractivity contribution in [1.82, 2.24) is 4.90 Å². The Labute approximate surface area is 224 Å². The summed E-state index contributed by atoms with van der Waals surface area (Å²) in [4.78, 5) is 23.5. The van der Waals surface area contributed by atoms with Gasteiger partial charge in [-0.3, -0.25) is 15.0 Å². The highest BCUT2D eigenvalue weighted by atomic mass is 19.4. The van der Waals surface area contributed by atoms with Crippen LogP contribution >= 0.6 is 0 Å². The second-order valence-corrected chi connectivity index (χ2v) is 9.27. The van der Waals surface area contributed by atoms with Crippen LogP contribution in [-0.2, 0) is 25.4 Å². The molecule has 3 aromatic carbocycles. The molecule has 0 aromatic heterocycles. The summed E-state index contributed by atoms with van der Waals surface area (Å²) in [5.74, 6) is 0.444. The number of rotatable bonds is 8. The normalized spacial score (nSPS) is 11.9. The number of nitro groups is 1. The molecule has 1 amide bonds. The number of carboxylic acid groups (broad SMARTS) is 1. The Morgan fingerprint density at radius 2 is 1.52 bits per heavy atom. The summed E-state index contributed by atoms with van der Waals surface area (Å²) in [7, 11) is 1.40. The highest BCUT2D eigenvalue weighted by molar-refractivity contribution is 5.76. The number of ether oxygens (including phenoxy) is 1. The lowest BCUT2D eigenvalue weighted by molar-refractivity contribution is -0.384. The molecule has 0 spiro atoms. The molecule has 0 aliphatic heterocycles. The van der Waals surface area contributed by atoms with Crippen molar-refractivity contribution in [3.63, 3.8) is 0 Å². The summed E-state index contributed by atoms with van der Waals surface area (Å²) in [6.45, 7) is 2.42. The first-order valence-corrected chi connectivity index (χ1v) is 11.7. The fraction of sp³-hybridized carbons (Fsp3) is 0.296. The Morgan fingerprint density at radius 3 is 2.00 bits per heavy atom. The topological polar surface area (TPSA) is 92.9 Å². The van der Waals surface area contributed by atoms with Crippen LogP contribution in [0.25, 0.3) is 11.1 Å². The number of alkyl halides is 6. The molecule has 0 fully saturated rings. The molecule has 0 saturated heterocycles. The third-order valence-electron chi connectivity index (χ3n) is 6.13. The SMILES string of the molecule is COc1ccc(C(C)C)cc1-c1ccc([N+](=O)[O-])cc1CN(Cc1cc(C(F)(F)F)cc(C(F)(F)F)c1)C(=O)O. The van der Waals surface area contributed by atoms with Crippen molar-refractivity contribution >= 4 is 11.8 Å². The second kappa shape index (κ2) is 11.4. The van der Waals surface area contributed by atoms with E-state index in [4.69, 9.17) is 4.74 Å². The van der Waals surface area contributed by atoms with Gasteiger partial charge in [0.25, 0.3) is 5.69 Å². The maximum absolute atomic E-state index is 13.3. The molecule has 214 valence electrons. The van der Waals surface area contributed by atoms with Crippen LogP contribution in [0.4, 0.5) is 36.8 Å². The van der Waals surface area contributed by atoms with E-state index in [0.29, 0.717) is 33.9 Å². The predicted molar refractivity (Wildman–Crippen MR) is 133 cm³/mol. The number of benzene rings is 3. The molecule has 0 atom stereocenters. The molecule has 13 heteroatoms. The summed E-state index contributed by atoms with van der Waals surface area (Å²) in [5, 5.41) is 21.3. The van der Waals surface area contributed by atoms with Crippen LogP contribution in [0.15, 0.2) is 54.6 Å². The lowest BCUT2D eigenvalue weighted by atomic mass is 9.93. The minimum Gasteiger partial charge on any atom is -0.496 e. The molecule has 0 saturated carbocycles. The first-order chi connectivity index (χ1) is 18.5. The lowest BCUT2D eigenvalue weighted by Crippen LogP contribution is -2.29. The average molecular weight is 570 g/mol. The van der Waals surface area contributed by atoms with Crippen molar-refractivity contribution in [2.45, 2.75) is 45.2 Å². The van der Waals surface area contributed by atoms with Crippen LogP contribution in [0.1, 0.15) is 47.6 Å². The van der Waals surface area contributed by atoms with Gasteiger partial charge in [0.15, 0.2) is 0 Å². The molecule has 1 N–H and O–H groups in total. The van der Waals surface area contributed by atoms with Crippen LogP contribution in [0.5, 0.6) is 5.75 Å². The smallest absolute Gasteiger partial charge is 0.416 e. The molecule has 0 aliphatic carbocycles. The van der Waals surface area contributed by atoms with Crippen LogP contribution in [0, 0.1) is 10.1 Å². The highest BCUT2D eigenvalue weighted by Crippen LogP contribution is 2.39. The number of amides is 1. The van der Waals surface area contributed by atoms with Gasteiger partial charge >= 0.3 is 18.4 Å². The minimum atomic E-state index is -5.12. The van der Waals surface area contributed by atoms with Gasteiger partial charge in [-0.25, -0.2) is 4.79 Å². The van der Waals surface area contributed by atoms with Crippen LogP contribution in [-0.4, -0.2) is 28.1 Å². The standard InChI is InChI=1S/C27H24F6N2O5/c1-15(2)17-4-7-24(40-3)23(11-17)22-6-5-21(35(38)39)10-18(22)14-34(25(36)37)13-16-8-19(26(28,29)30)12-20(9-16)27(31,32)33/h4-12,15H,13-14H2,1-3H3,(H,36,37). The van der Waals surface area contributed by atoms with Crippen LogP contribution < -0.4 is 4.74 Å². The van der Waals surface area contributed by atoms with E-state index >= 15 is 0 Å². The van der Waals surface area contributed by atoms with E-state index in [-0.39, 0.29) is 23.2 Å². The van der Waals surface area contributed by atoms with Gasteiger partial charge in [0, 0.05) is 24.2 Å². The average Bonchev–Trinajstić information content (AvgIpc) is 2.86. The first-order valence-electron chi connectivity index (χ1n) is 11.7. The second-order valence-electron chi connectivity index (χ2n) is 9.27. The zero-order valence-corrected chi connectivity index (χ0v) is 21.4. The summed E-state index contributed by atoms with van der Waals surface area (Å²) in [6, 6.07) is 9.78. The Kier molecular flexibility index (Phi) is 8.66. The van der Waals surface area contributed by atoms with Gasteiger partial charge in [-0.05, 0) is 64.6 Å². The van der Waals surface area contributed by atoms with E-state index in [1.54, 1.807) is 12.1 Å². The van der Waals surface area contributed by atoms with Crippen molar-refractivity contribution in [3.05, 3.63) is 92.5 Å². The molecule has 0 aliphatic rings. The zero-order valence-electron chi connectivity index (χ0n) is 21.4. The number of hydrogen-bond acceptors (Lipinski definition) is 4. The molecule has 3 rings (SSSR count). The van der Waals surface area contributed by atoms with Gasteiger partial charge < -0.3 is 9.84 Å². The molecular weight excluding hydrogens is 546 g/mol. The number of nitrogens with zero attached hydrogens (tertiary/aromatic N) is 2. The number of halogens is 6. The van der Waals surface area contributed by atoms with E-state index in [1.807, 2.05) is 19.9 Å². The molecule has 40 heavy (non-hydrogen) atoms. The number of non-ortho nitro benzene ring substituents is 1. The zero-order chi connectivity index (χ0) is 30.0. The molecular formula is C27H24F6N2O5. The van der Waals surface area contributed by atoms with Crippen molar-refractivity contribution in [2.75, 3.05) is 7.11 Å². The number of carbonyl (C=O) groups is 1. The quantitative estimate of drug-likeness (QED) is 0.168. The minimum absolute atomic E-state index is 0.0543. The molecule has 0 heterocycles. The van der Waals surface area contributed by atoms with Crippen molar-refractivity contribution in [1.29, 1.82) is 0 Å². The molecule has 3 aromatic rings. The first kappa shape index (κ1) is 30.3. The van der Waals surface area contributed by atoms with Gasteiger partial charge in [-0.1, -0.05) is 19.9 Å². The fourth-order valence-electron chi connectivity index (χ4n) is 4.11. The van der Waals surface area contributed by atoms with Crippen LogP contribution in [0.3, 0.4) is 0 Å². The van der Waals surface area contributed by atoms with Crippen molar-refractivity contribution in [2.24, 2.45) is 0 Å². The summed E-state index contributed by atoms with van der Waals surface area (Å²) in [6.07, 6.45) is -11.9. The van der Waals surface area contributed by atoms with Gasteiger partial charge in [-0.15, -0.1) is 0 Å². The molecule has 0 radical (unpaired) electrons. The van der Waals surface area contributed by atoms with Gasteiger partial charge in [-0.2, -0.15) is 26.3 Å². The van der Waals surface area contributed by atoms with Crippen molar-refractivity contribution in [3.8, 4) is 16.9 Å². The summed E-state index contributed by atoms with van der Waals surface area (Å²) >= 11 is 0. The summed E-state index contributed by atoms with van der Waals surface area (Å²) < 4.78 is 85.4. The Balaban J connectivity index is 2.14. The molecule has 0 unspecified atom stereocenters. The van der Waals surface area contributed by atoms with E-state index in [2.05, 4.69) is 0 Å². The van der Waals surface area contributed by atoms with Gasteiger partial charge in [0.05, 0.1) is 29.7 Å². The Morgan fingerprint density at radius 1 is 0.925 bits per heavy atom. The maximum Gasteiger partial charge on any atom is 0.416 e. The lowest BCUT2D eigenvalue weighted by Gasteiger charge is -2.23. The summed E-state index contributed by atoms with van der Waals surface area (Å²) in [5.41, 5.74) is -2.34. The Hall–Kier alpha value is -4.29. The van der Waals surface area contributed by atoms with E-state index in [0.717, 1.165) is 11.6 Å². The number of hydrogen-bond donors (Lipinski definition) is 1. The number of methoxy groups -OCH3 is 1. The molecule has 0 bridgehead atoms. The third kappa shape index (κ3) is 7.01. The van der Waals surface area contributed by atoms with Crippen LogP contribution in [0.2, 0.25) is 0 Å². The highest BCUT2D eigenvalue weighted by Gasteiger charge is 2.37. The Bertz CT molecular complexity index is 1390.